The van der Waals surface area contributed by atoms with Gasteiger partial charge in [0.15, 0.2) is 0 Å². The smallest absolute Gasteiger partial charge is 0.316 e. The third-order valence-corrected chi connectivity index (χ3v) is 5.07. The summed E-state index contributed by atoms with van der Waals surface area (Å²) in [6.45, 7) is 2.73. The molecule has 1 aromatic carbocycles. The third-order valence-electron chi connectivity index (χ3n) is 5.07. The van der Waals surface area contributed by atoms with E-state index in [2.05, 4.69) is 5.32 Å². The Labute approximate surface area is 136 Å². The number of hydrogen-bond acceptors (Lipinski definition) is 3. The lowest BCUT2D eigenvalue weighted by atomic mass is 10.0. The maximum Gasteiger partial charge on any atom is 0.316 e. The van der Waals surface area contributed by atoms with Gasteiger partial charge in [-0.25, -0.2) is 0 Å². The van der Waals surface area contributed by atoms with Gasteiger partial charge in [-0.2, -0.15) is 0 Å². The van der Waals surface area contributed by atoms with E-state index >= 15 is 0 Å². The summed E-state index contributed by atoms with van der Waals surface area (Å²) in [6, 6.07) is 7.69. The molecule has 1 aliphatic heterocycles. The monoisotopic (exact) mass is 316 g/mol. The van der Waals surface area contributed by atoms with Crippen molar-refractivity contribution in [1.82, 2.24) is 5.32 Å². The molecule has 2 atom stereocenters. The number of fused-ring (bicyclic) bond motifs is 1. The summed E-state index contributed by atoms with van der Waals surface area (Å²) in [5, 5.41) is 12.7. The van der Waals surface area contributed by atoms with E-state index in [4.69, 9.17) is 0 Å². The molecule has 23 heavy (non-hydrogen) atoms. The molecule has 3 rings (SSSR count). The lowest BCUT2D eigenvalue weighted by Gasteiger charge is -2.20. The Kier molecular flexibility index (Phi) is 4.66. The summed E-state index contributed by atoms with van der Waals surface area (Å²) < 4.78 is 0. The van der Waals surface area contributed by atoms with Gasteiger partial charge < -0.3 is 15.3 Å². The van der Waals surface area contributed by atoms with E-state index in [1.165, 1.54) is 4.90 Å². The minimum Gasteiger partial charge on any atom is -0.391 e. The number of nitrogens with zero attached hydrogens (tertiary/aromatic N) is 1. The third kappa shape index (κ3) is 3.24. The first-order valence-corrected chi connectivity index (χ1v) is 8.44. The molecular formula is C18H24N2O3. The minimum absolute atomic E-state index is 0.153. The van der Waals surface area contributed by atoms with Crippen molar-refractivity contribution in [1.29, 1.82) is 0 Å². The molecule has 0 spiro atoms. The lowest BCUT2D eigenvalue weighted by Crippen LogP contribution is -2.45. The molecule has 2 amide bonds. The van der Waals surface area contributed by atoms with Crippen LogP contribution < -0.4 is 10.2 Å². The number of carbonyl (C=O) groups is 2. The Hall–Kier alpha value is -1.88. The lowest BCUT2D eigenvalue weighted by molar-refractivity contribution is -0.137. The molecule has 1 heterocycles. The van der Waals surface area contributed by atoms with E-state index < -0.39 is 17.9 Å². The van der Waals surface area contributed by atoms with E-state index in [9.17, 15) is 14.7 Å². The van der Waals surface area contributed by atoms with Gasteiger partial charge in [-0.3, -0.25) is 9.59 Å². The molecule has 5 heteroatoms. The van der Waals surface area contributed by atoms with Crippen LogP contribution >= 0.6 is 0 Å². The Morgan fingerprint density at radius 2 is 2.00 bits per heavy atom. The van der Waals surface area contributed by atoms with Gasteiger partial charge in [-0.15, -0.1) is 0 Å². The van der Waals surface area contributed by atoms with Gasteiger partial charge in [0.25, 0.3) is 0 Å². The fraction of sp³-hybridized carbons (Fsp3) is 0.556. The molecule has 1 aliphatic carbocycles. The van der Waals surface area contributed by atoms with Crippen LogP contribution in [0.5, 0.6) is 0 Å². The van der Waals surface area contributed by atoms with Crippen molar-refractivity contribution in [3.63, 3.8) is 0 Å². The number of aliphatic hydroxyl groups excluding tert-OH is 1. The average Bonchev–Trinajstić information content (AvgIpc) is 3.20. The highest BCUT2D eigenvalue weighted by Gasteiger charge is 2.33. The number of nitrogens with one attached hydrogen (secondary N) is 1. The molecule has 124 valence electrons. The summed E-state index contributed by atoms with van der Waals surface area (Å²) in [6.07, 6.45) is 3.72. The van der Waals surface area contributed by atoms with Gasteiger partial charge in [0.2, 0.25) is 0 Å². The van der Waals surface area contributed by atoms with Gasteiger partial charge in [-0.05, 0) is 30.4 Å². The molecule has 5 nitrogen and oxygen atoms in total. The first-order valence-electron chi connectivity index (χ1n) is 8.44. The van der Waals surface area contributed by atoms with Gasteiger partial charge in [0.1, 0.15) is 0 Å². The fourth-order valence-corrected chi connectivity index (χ4v) is 3.72. The fourth-order valence-electron chi connectivity index (χ4n) is 3.72. The zero-order chi connectivity index (χ0) is 16.4. The average molecular weight is 316 g/mol. The van der Waals surface area contributed by atoms with Gasteiger partial charge >= 0.3 is 11.8 Å². The van der Waals surface area contributed by atoms with E-state index in [1.807, 2.05) is 31.2 Å². The molecular weight excluding hydrogens is 292 g/mol. The summed E-state index contributed by atoms with van der Waals surface area (Å²) in [5.74, 6) is -0.698. The van der Waals surface area contributed by atoms with Crippen molar-refractivity contribution in [2.75, 3.05) is 18.0 Å². The van der Waals surface area contributed by atoms with Gasteiger partial charge in [0.05, 0.1) is 6.10 Å². The van der Waals surface area contributed by atoms with Crippen LogP contribution in [0.3, 0.4) is 0 Å². The maximum atomic E-state index is 12.4. The number of carbonyl (C=O) groups excluding carboxylic acids is 2. The highest BCUT2D eigenvalue weighted by Crippen LogP contribution is 2.35. The molecule has 1 saturated carbocycles. The predicted molar refractivity (Wildman–Crippen MR) is 88.2 cm³/mol. The molecule has 0 unspecified atom stereocenters. The van der Waals surface area contributed by atoms with Crippen molar-refractivity contribution in [2.24, 2.45) is 5.92 Å². The number of benzene rings is 1. The normalized spacial score (nSPS) is 22.0. The van der Waals surface area contributed by atoms with Crippen LogP contribution in [0.1, 0.15) is 44.1 Å². The van der Waals surface area contributed by atoms with Crippen molar-refractivity contribution in [3.8, 4) is 0 Å². The van der Waals surface area contributed by atoms with Crippen LogP contribution in [0.25, 0.3) is 0 Å². The van der Waals surface area contributed by atoms with Crippen LogP contribution in [0, 0.1) is 5.92 Å². The topological polar surface area (TPSA) is 69.6 Å². The largest absolute Gasteiger partial charge is 0.391 e. The standard InChI is InChI=1S/C18H24N2O3/c1-12-11-20(15-9-5-4-8-14(12)15)18(23)17(22)19-10-16(21)13-6-2-3-7-13/h4-5,8-9,12-13,16,21H,2-3,6-7,10-11H2,1H3,(H,19,22)/t12-,16+/m0/s1. The molecule has 0 radical (unpaired) electrons. The van der Waals surface area contributed by atoms with Crippen molar-refractivity contribution in [2.45, 2.75) is 44.6 Å². The Balaban J connectivity index is 1.59. The number of anilines is 1. The second kappa shape index (κ2) is 6.71. The summed E-state index contributed by atoms with van der Waals surface area (Å²) in [7, 11) is 0. The Morgan fingerprint density at radius 1 is 1.30 bits per heavy atom. The number of para-hydroxylation sites is 1. The molecule has 1 aromatic rings. The first kappa shape index (κ1) is 16.0. The van der Waals surface area contributed by atoms with Gasteiger partial charge in [-0.1, -0.05) is 38.0 Å². The van der Waals surface area contributed by atoms with E-state index in [0.29, 0.717) is 6.54 Å². The molecule has 0 aromatic heterocycles. The predicted octanol–water partition coefficient (Wildman–Crippen LogP) is 1.80. The highest BCUT2D eigenvalue weighted by atomic mass is 16.3. The zero-order valence-electron chi connectivity index (χ0n) is 13.5. The Morgan fingerprint density at radius 3 is 2.74 bits per heavy atom. The van der Waals surface area contributed by atoms with E-state index in [-0.39, 0.29) is 18.4 Å². The number of rotatable bonds is 3. The summed E-state index contributed by atoms with van der Waals surface area (Å²) >= 11 is 0. The molecule has 0 saturated heterocycles. The minimum atomic E-state index is -0.633. The molecule has 2 aliphatic rings. The van der Waals surface area contributed by atoms with Crippen molar-refractivity contribution in [3.05, 3.63) is 29.8 Å². The second-order valence-electron chi connectivity index (χ2n) is 6.70. The van der Waals surface area contributed by atoms with Gasteiger partial charge in [0, 0.05) is 24.7 Å². The van der Waals surface area contributed by atoms with Crippen LogP contribution in [0.15, 0.2) is 24.3 Å². The number of hydrogen-bond donors (Lipinski definition) is 2. The SMILES string of the molecule is C[C@H]1CN(C(=O)C(=O)NC[C@@H](O)C2CCCC2)c2ccccc21. The van der Waals surface area contributed by atoms with Crippen molar-refractivity contribution < 1.29 is 14.7 Å². The maximum absolute atomic E-state index is 12.4. The number of amides is 2. The van der Waals surface area contributed by atoms with Crippen LogP contribution in [-0.2, 0) is 9.59 Å². The Bertz CT molecular complexity index is 596. The molecule has 1 fully saturated rings. The van der Waals surface area contributed by atoms with Crippen molar-refractivity contribution >= 4 is 17.5 Å². The molecule has 0 bridgehead atoms. The summed E-state index contributed by atoms with van der Waals surface area (Å²) in [4.78, 5) is 26.1. The quantitative estimate of drug-likeness (QED) is 0.836. The second-order valence-corrected chi connectivity index (χ2v) is 6.70. The summed E-state index contributed by atoms with van der Waals surface area (Å²) in [5.41, 5.74) is 1.91. The zero-order valence-corrected chi connectivity index (χ0v) is 13.5. The van der Waals surface area contributed by atoms with Crippen LogP contribution in [-0.4, -0.2) is 36.1 Å². The first-order chi connectivity index (χ1) is 11.1. The highest BCUT2D eigenvalue weighted by molar-refractivity contribution is 6.40. The van der Waals surface area contributed by atoms with Crippen LogP contribution in [0.4, 0.5) is 5.69 Å². The van der Waals surface area contributed by atoms with E-state index in [1.54, 1.807) is 0 Å². The molecule has 2 N–H and O–H groups in total. The van der Waals surface area contributed by atoms with E-state index in [0.717, 1.165) is 36.9 Å². The number of aliphatic hydroxyl groups is 1. The van der Waals surface area contributed by atoms with Crippen LogP contribution in [0.2, 0.25) is 0 Å².